The lowest BCUT2D eigenvalue weighted by atomic mass is 10.1. The molecule has 0 radical (unpaired) electrons. The van der Waals surface area contributed by atoms with Gasteiger partial charge in [-0.3, -0.25) is 4.79 Å². The third-order valence-corrected chi connectivity index (χ3v) is 3.01. The van der Waals surface area contributed by atoms with Gasteiger partial charge in [-0.1, -0.05) is 12.1 Å². The van der Waals surface area contributed by atoms with Crippen LogP contribution in [-0.4, -0.2) is 28.5 Å². The summed E-state index contributed by atoms with van der Waals surface area (Å²) in [6.45, 7) is 6.38. The largest absolute Gasteiger partial charge is 0.497 e. The maximum absolute atomic E-state index is 12.0. The van der Waals surface area contributed by atoms with Gasteiger partial charge in [0, 0.05) is 12.1 Å². The Kier molecular flexibility index (Phi) is 5.16. The van der Waals surface area contributed by atoms with Gasteiger partial charge in [0.25, 0.3) is 5.91 Å². The molecule has 1 aromatic heterocycles. The number of aromatic nitrogens is 2. The highest BCUT2D eigenvalue weighted by molar-refractivity contribution is 5.92. The maximum atomic E-state index is 12.0. The van der Waals surface area contributed by atoms with E-state index in [4.69, 9.17) is 4.74 Å². The zero-order chi connectivity index (χ0) is 16.9. The van der Waals surface area contributed by atoms with Crippen LogP contribution in [0.25, 0.3) is 0 Å². The number of hydrogen-bond acceptors (Lipinski definition) is 5. The molecule has 1 aromatic carbocycles. The predicted molar refractivity (Wildman–Crippen MR) is 89.6 cm³/mol. The molecular formula is C17H22N4O2. The Hall–Kier alpha value is -2.63. The summed E-state index contributed by atoms with van der Waals surface area (Å²) < 4.78 is 5.12. The molecule has 0 aliphatic heterocycles. The van der Waals surface area contributed by atoms with Crippen molar-refractivity contribution >= 4 is 11.7 Å². The van der Waals surface area contributed by atoms with Crippen LogP contribution in [0.1, 0.15) is 36.8 Å². The molecule has 6 nitrogen and oxygen atoms in total. The fourth-order valence-corrected chi connectivity index (χ4v) is 1.88. The molecule has 0 saturated heterocycles. The molecule has 0 spiro atoms. The highest BCUT2D eigenvalue weighted by Crippen LogP contribution is 2.12. The zero-order valence-corrected chi connectivity index (χ0v) is 13.9. The van der Waals surface area contributed by atoms with Crippen molar-refractivity contribution in [3.63, 3.8) is 0 Å². The Morgan fingerprint density at radius 1 is 1.13 bits per heavy atom. The van der Waals surface area contributed by atoms with Gasteiger partial charge >= 0.3 is 0 Å². The Balaban J connectivity index is 1.93. The molecule has 1 amide bonds. The number of carbonyl (C=O) groups excluding carboxylic acids is 1. The van der Waals surface area contributed by atoms with Crippen molar-refractivity contribution in [2.75, 3.05) is 12.4 Å². The van der Waals surface area contributed by atoms with Crippen LogP contribution in [0, 0.1) is 0 Å². The molecule has 2 rings (SSSR count). The number of hydrogen-bond donors (Lipinski definition) is 2. The molecule has 0 bridgehead atoms. The number of amides is 1. The molecule has 2 aromatic rings. The molecule has 23 heavy (non-hydrogen) atoms. The van der Waals surface area contributed by atoms with Gasteiger partial charge < -0.3 is 15.4 Å². The number of nitrogens with zero attached hydrogens (tertiary/aromatic N) is 2. The second-order valence-electron chi connectivity index (χ2n) is 6.19. The summed E-state index contributed by atoms with van der Waals surface area (Å²) in [5.74, 6) is 1.21. The van der Waals surface area contributed by atoms with E-state index < -0.39 is 0 Å². The zero-order valence-electron chi connectivity index (χ0n) is 13.9. The lowest BCUT2D eigenvalue weighted by Crippen LogP contribution is -2.40. The normalized spacial score (nSPS) is 11.0. The molecule has 2 N–H and O–H groups in total. The fraction of sp³-hybridized carbons (Fsp3) is 0.353. The summed E-state index contributed by atoms with van der Waals surface area (Å²) in [5, 5.41) is 6.02. The summed E-state index contributed by atoms with van der Waals surface area (Å²) in [6, 6.07) is 7.76. The van der Waals surface area contributed by atoms with Gasteiger partial charge in [0.2, 0.25) is 0 Å². The lowest BCUT2D eigenvalue weighted by Gasteiger charge is -2.19. The first-order chi connectivity index (χ1) is 10.9. The van der Waals surface area contributed by atoms with E-state index in [1.54, 1.807) is 13.3 Å². The summed E-state index contributed by atoms with van der Waals surface area (Å²) in [7, 11) is 1.64. The van der Waals surface area contributed by atoms with Crippen LogP contribution in [0.3, 0.4) is 0 Å². The van der Waals surface area contributed by atoms with Crippen molar-refractivity contribution in [2.24, 2.45) is 0 Å². The van der Waals surface area contributed by atoms with Crippen molar-refractivity contribution in [3.05, 3.63) is 47.9 Å². The molecule has 0 atom stereocenters. The van der Waals surface area contributed by atoms with Gasteiger partial charge in [0.15, 0.2) is 0 Å². The molecule has 1 heterocycles. The van der Waals surface area contributed by atoms with E-state index >= 15 is 0 Å². The van der Waals surface area contributed by atoms with Crippen LogP contribution < -0.4 is 15.4 Å². The molecular weight excluding hydrogens is 292 g/mol. The van der Waals surface area contributed by atoms with Gasteiger partial charge in [0.05, 0.1) is 19.5 Å². The number of carbonyl (C=O) groups is 1. The fourth-order valence-electron chi connectivity index (χ4n) is 1.88. The molecule has 6 heteroatoms. The smallest absolute Gasteiger partial charge is 0.271 e. The lowest BCUT2D eigenvalue weighted by molar-refractivity contribution is 0.0914. The third kappa shape index (κ3) is 5.25. The van der Waals surface area contributed by atoms with Gasteiger partial charge in [-0.25, -0.2) is 9.97 Å². The molecule has 0 saturated carbocycles. The van der Waals surface area contributed by atoms with E-state index in [0.717, 1.165) is 11.3 Å². The number of rotatable bonds is 5. The van der Waals surface area contributed by atoms with Crippen molar-refractivity contribution in [3.8, 4) is 5.75 Å². The van der Waals surface area contributed by atoms with Crippen LogP contribution in [0.15, 0.2) is 36.7 Å². The minimum Gasteiger partial charge on any atom is -0.497 e. The van der Waals surface area contributed by atoms with Gasteiger partial charge in [-0.15, -0.1) is 0 Å². The predicted octanol–water partition coefficient (Wildman–Crippen LogP) is 2.63. The van der Waals surface area contributed by atoms with Crippen LogP contribution in [0.5, 0.6) is 5.75 Å². The average Bonchev–Trinajstić information content (AvgIpc) is 2.52. The van der Waals surface area contributed by atoms with Gasteiger partial charge in [-0.2, -0.15) is 0 Å². The topological polar surface area (TPSA) is 76.1 Å². The minimum atomic E-state index is -0.302. The van der Waals surface area contributed by atoms with E-state index in [1.165, 1.54) is 6.20 Å². The van der Waals surface area contributed by atoms with Crippen molar-refractivity contribution in [1.82, 2.24) is 15.3 Å². The first-order valence-corrected chi connectivity index (χ1v) is 7.39. The Morgan fingerprint density at radius 2 is 1.83 bits per heavy atom. The van der Waals surface area contributed by atoms with E-state index in [2.05, 4.69) is 20.6 Å². The van der Waals surface area contributed by atoms with Crippen molar-refractivity contribution in [2.45, 2.75) is 32.9 Å². The highest BCUT2D eigenvalue weighted by Gasteiger charge is 2.16. The number of ether oxygens (including phenoxy) is 1. The Labute approximate surface area is 136 Å². The summed E-state index contributed by atoms with van der Waals surface area (Å²) in [4.78, 5) is 20.3. The van der Waals surface area contributed by atoms with Crippen molar-refractivity contribution < 1.29 is 9.53 Å². The Morgan fingerprint density at radius 3 is 2.35 bits per heavy atom. The van der Waals surface area contributed by atoms with Crippen LogP contribution >= 0.6 is 0 Å². The van der Waals surface area contributed by atoms with Crippen LogP contribution in [0.2, 0.25) is 0 Å². The Bertz CT molecular complexity index is 646. The standard InChI is InChI=1S/C17H22N4O2/c1-17(2,3)21-16(22)14-10-20-15(11-18-14)19-9-12-5-7-13(23-4)8-6-12/h5-8,10-11H,9H2,1-4H3,(H,19,20)(H,21,22). The average molecular weight is 314 g/mol. The van der Waals surface area contributed by atoms with E-state index in [1.807, 2.05) is 45.0 Å². The number of anilines is 1. The van der Waals surface area contributed by atoms with Gasteiger partial charge in [0.1, 0.15) is 17.3 Å². The number of nitrogens with one attached hydrogen (secondary N) is 2. The van der Waals surface area contributed by atoms with E-state index in [9.17, 15) is 4.79 Å². The van der Waals surface area contributed by atoms with Crippen LogP contribution in [0.4, 0.5) is 5.82 Å². The first-order valence-electron chi connectivity index (χ1n) is 7.39. The second-order valence-corrected chi connectivity index (χ2v) is 6.19. The minimum absolute atomic E-state index is 0.230. The van der Waals surface area contributed by atoms with E-state index in [0.29, 0.717) is 18.1 Å². The summed E-state index contributed by atoms with van der Waals surface area (Å²) in [6.07, 6.45) is 3.03. The van der Waals surface area contributed by atoms with Crippen molar-refractivity contribution in [1.29, 1.82) is 0 Å². The molecule has 0 unspecified atom stereocenters. The second kappa shape index (κ2) is 7.09. The molecule has 122 valence electrons. The number of benzene rings is 1. The molecule has 0 fully saturated rings. The summed E-state index contributed by atoms with van der Waals surface area (Å²) >= 11 is 0. The molecule has 0 aliphatic rings. The summed E-state index contributed by atoms with van der Waals surface area (Å²) in [5.41, 5.74) is 1.10. The van der Waals surface area contributed by atoms with E-state index in [-0.39, 0.29) is 11.4 Å². The quantitative estimate of drug-likeness (QED) is 0.887. The maximum Gasteiger partial charge on any atom is 0.271 e. The third-order valence-electron chi connectivity index (χ3n) is 3.01. The first kappa shape index (κ1) is 16.7. The van der Waals surface area contributed by atoms with Crippen LogP contribution in [-0.2, 0) is 6.54 Å². The SMILES string of the molecule is COc1ccc(CNc2cnc(C(=O)NC(C)(C)C)cn2)cc1. The monoisotopic (exact) mass is 314 g/mol. The van der Waals surface area contributed by atoms with Gasteiger partial charge in [-0.05, 0) is 38.5 Å². The number of methoxy groups -OCH3 is 1. The highest BCUT2D eigenvalue weighted by atomic mass is 16.5. The molecule has 0 aliphatic carbocycles.